The van der Waals surface area contributed by atoms with Gasteiger partial charge in [-0.3, -0.25) is 9.59 Å². The largest absolute Gasteiger partial charge is 0.339 e. The Morgan fingerprint density at radius 1 is 1.00 bits per heavy atom. The van der Waals surface area contributed by atoms with E-state index in [4.69, 9.17) is 5.26 Å². The molecule has 0 unspecified atom stereocenters. The Balaban J connectivity index is 1.43. The highest BCUT2D eigenvalue weighted by atomic mass is 16.2. The molecule has 1 saturated carbocycles. The molecule has 1 aliphatic heterocycles. The maximum absolute atomic E-state index is 13.3. The number of amides is 2. The summed E-state index contributed by atoms with van der Waals surface area (Å²) < 4.78 is 0. The molecule has 31 heavy (non-hydrogen) atoms. The maximum atomic E-state index is 13.3. The average molecular weight is 416 g/mol. The lowest BCUT2D eigenvalue weighted by Crippen LogP contribution is -2.38. The average Bonchev–Trinajstić information content (AvgIpc) is 2.74. The van der Waals surface area contributed by atoms with Crippen molar-refractivity contribution in [3.05, 3.63) is 64.2 Å². The van der Waals surface area contributed by atoms with E-state index < -0.39 is 0 Å². The van der Waals surface area contributed by atoms with Crippen LogP contribution in [0.1, 0.15) is 70.6 Å². The van der Waals surface area contributed by atoms with Crippen molar-refractivity contribution in [1.82, 2.24) is 4.90 Å². The highest BCUT2D eigenvalue weighted by Gasteiger charge is 2.28. The number of hydrogen-bond donors (Lipinski definition) is 1. The van der Waals surface area contributed by atoms with E-state index in [1.165, 1.54) is 5.56 Å². The van der Waals surface area contributed by atoms with Crippen molar-refractivity contribution in [2.24, 2.45) is 5.92 Å². The van der Waals surface area contributed by atoms with Gasteiger partial charge in [-0.15, -0.1) is 0 Å². The van der Waals surface area contributed by atoms with Crippen LogP contribution in [0.4, 0.5) is 5.69 Å². The minimum atomic E-state index is 0.0370. The molecule has 1 N–H and O–H groups in total. The number of nitrogens with zero attached hydrogens (tertiary/aromatic N) is 2. The van der Waals surface area contributed by atoms with Crippen molar-refractivity contribution in [2.75, 3.05) is 18.4 Å². The molecule has 160 valence electrons. The topological polar surface area (TPSA) is 73.2 Å². The normalized spacial score (nSPS) is 17.0. The third-order valence-electron chi connectivity index (χ3n) is 6.83. The van der Waals surface area contributed by atoms with Crippen LogP contribution in [-0.2, 0) is 4.79 Å². The molecule has 0 spiro atoms. The van der Waals surface area contributed by atoms with Crippen LogP contribution < -0.4 is 5.32 Å². The van der Waals surface area contributed by atoms with E-state index in [-0.39, 0.29) is 17.7 Å². The fourth-order valence-corrected chi connectivity index (χ4v) is 4.54. The number of benzene rings is 2. The Hall–Kier alpha value is -3.13. The summed E-state index contributed by atoms with van der Waals surface area (Å²) in [5.41, 5.74) is 5.26. The summed E-state index contributed by atoms with van der Waals surface area (Å²) in [6, 6.07) is 13.8. The standard InChI is InChI=1S/C26H29N3O2/c1-17-14-18(2)24(28-25(30)22-4-3-5-22)15-23(17)26(31)29-12-10-21(11-13-29)20-8-6-19(16-27)7-9-20/h6-9,14-15,21-22H,3-5,10-13H2,1-2H3,(H,28,30). The molecule has 0 radical (unpaired) electrons. The molecular weight excluding hydrogens is 386 g/mol. The number of aryl methyl sites for hydroxylation is 2. The van der Waals surface area contributed by atoms with Gasteiger partial charge in [0.25, 0.3) is 5.91 Å². The number of anilines is 1. The Kier molecular flexibility index (Phi) is 6.08. The molecule has 2 aromatic rings. The number of carbonyl (C=O) groups is 2. The van der Waals surface area contributed by atoms with Crippen molar-refractivity contribution >= 4 is 17.5 Å². The number of nitriles is 1. The number of carbonyl (C=O) groups excluding carboxylic acids is 2. The van der Waals surface area contributed by atoms with Gasteiger partial charge < -0.3 is 10.2 Å². The van der Waals surface area contributed by atoms with Gasteiger partial charge in [0.2, 0.25) is 5.91 Å². The predicted molar refractivity (Wildman–Crippen MR) is 121 cm³/mol. The van der Waals surface area contributed by atoms with Gasteiger partial charge in [-0.25, -0.2) is 0 Å². The van der Waals surface area contributed by atoms with Crippen molar-refractivity contribution < 1.29 is 9.59 Å². The summed E-state index contributed by atoms with van der Waals surface area (Å²) in [5, 5.41) is 12.0. The highest BCUT2D eigenvalue weighted by molar-refractivity contribution is 5.99. The molecule has 5 nitrogen and oxygen atoms in total. The zero-order valence-corrected chi connectivity index (χ0v) is 18.3. The molecular formula is C26H29N3O2. The Morgan fingerprint density at radius 3 is 2.26 bits per heavy atom. The number of hydrogen-bond acceptors (Lipinski definition) is 3. The fourth-order valence-electron chi connectivity index (χ4n) is 4.54. The number of nitrogens with one attached hydrogen (secondary N) is 1. The summed E-state index contributed by atoms with van der Waals surface area (Å²) in [6.45, 7) is 5.35. The van der Waals surface area contributed by atoms with Crippen LogP contribution in [-0.4, -0.2) is 29.8 Å². The zero-order valence-electron chi connectivity index (χ0n) is 18.3. The molecule has 2 aromatic carbocycles. The summed E-state index contributed by atoms with van der Waals surface area (Å²) in [7, 11) is 0. The van der Waals surface area contributed by atoms with E-state index in [9.17, 15) is 9.59 Å². The van der Waals surface area contributed by atoms with Gasteiger partial charge in [0.05, 0.1) is 11.6 Å². The van der Waals surface area contributed by atoms with Crippen molar-refractivity contribution in [3.63, 3.8) is 0 Å². The lowest BCUT2D eigenvalue weighted by Gasteiger charge is -2.33. The van der Waals surface area contributed by atoms with Crippen LogP contribution in [0, 0.1) is 31.1 Å². The number of rotatable bonds is 4. The molecule has 2 fully saturated rings. The second kappa shape index (κ2) is 8.93. The molecule has 0 bridgehead atoms. The first-order valence-electron chi connectivity index (χ1n) is 11.2. The van der Waals surface area contributed by atoms with Crippen LogP contribution in [0.25, 0.3) is 0 Å². The molecule has 1 heterocycles. The maximum Gasteiger partial charge on any atom is 0.254 e. The lowest BCUT2D eigenvalue weighted by molar-refractivity contribution is -0.122. The summed E-state index contributed by atoms with van der Waals surface area (Å²) in [4.78, 5) is 27.6. The molecule has 1 saturated heterocycles. The van der Waals surface area contributed by atoms with E-state index >= 15 is 0 Å². The van der Waals surface area contributed by atoms with Crippen LogP contribution >= 0.6 is 0 Å². The lowest BCUT2D eigenvalue weighted by atomic mass is 9.84. The van der Waals surface area contributed by atoms with E-state index in [2.05, 4.69) is 11.4 Å². The molecule has 4 rings (SSSR count). The molecule has 5 heteroatoms. The minimum Gasteiger partial charge on any atom is -0.339 e. The molecule has 2 amide bonds. The van der Waals surface area contributed by atoms with Crippen molar-refractivity contribution in [2.45, 2.75) is 51.9 Å². The first-order valence-corrected chi connectivity index (χ1v) is 11.2. The summed E-state index contributed by atoms with van der Waals surface area (Å²) in [5.74, 6) is 0.629. The van der Waals surface area contributed by atoms with Crippen molar-refractivity contribution in [3.8, 4) is 6.07 Å². The number of piperidine rings is 1. The summed E-state index contributed by atoms with van der Waals surface area (Å²) >= 11 is 0. The third kappa shape index (κ3) is 4.49. The quantitative estimate of drug-likeness (QED) is 0.769. The molecule has 2 aliphatic rings. The Morgan fingerprint density at radius 2 is 1.68 bits per heavy atom. The SMILES string of the molecule is Cc1cc(C)c(C(=O)N2CCC(c3ccc(C#N)cc3)CC2)cc1NC(=O)C1CCC1. The zero-order chi connectivity index (χ0) is 22.0. The molecule has 0 aromatic heterocycles. The molecule has 0 atom stereocenters. The van der Waals surface area contributed by atoms with Gasteiger partial charge in [-0.2, -0.15) is 5.26 Å². The predicted octanol–water partition coefficient (Wildman–Crippen LogP) is 4.93. The second-order valence-corrected chi connectivity index (χ2v) is 8.90. The first kappa shape index (κ1) is 21.1. The first-order chi connectivity index (χ1) is 15.0. The Bertz CT molecular complexity index is 1020. The minimum absolute atomic E-state index is 0.0370. The van der Waals surface area contributed by atoms with E-state index in [1.807, 2.05) is 55.1 Å². The second-order valence-electron chi connectivity index (χ2n) is 8.90. The van der Waals surface area contributed by atoms with E-state index in [1.54, 1.807) is 0 Å². The van der Waals surface area contributed by atoms with Crippen LogP contribution in [0.15, 0.2) is 36.4 Å². The smallest absolute Gasteiger partial charge is 0.254 e. The van der Waals surface area contributed by atoms with Gasteiger partial charge in [-0.1, -0.05) is 24.6 Å². The van der Waals surface area contributed by atoms with Crippen molar-refractivity contribution in [1.29, 1.82) is 5.26 Å². The van der Waals surface area contributed by atoms with E-state index in [0.717, 1.165) is 48.9 Å². The van der Waals surface area contributed by atoms with E-state index in [0.29, 0.717) is 30.1 Å². The highest BCUT2D eigenvalue weighted by Crippen LogP contribution is 2.31. The fraction of sp³-hybridized carbons (Fsp3) is 0.423. The van der Waals surface area contributed by atoms with Crippen LogP contribution in [0.3, 0.4) is 0 Å². The summed E-state index contributed by atoms with van der Waals surface area (Å²) in [6.07, 6.45) is 4.85. The number of likely N-dealkylation sites (tertiary alicyclic amines) is 1. The molecule has 1 aliphatic carbocycles. The van der Waals surface area contributed by atoms with Gasteiger partial charge >= 0.3 is 0 Å². The Labute approximate surface area is 184 Å². The van der Waals surface area contributed by atoms with Gasteiger partial charge in [0.15, 0.2) is 0 Å². The van der Waals surface area contributed by atoms with Crippen LogP contribution in [0.2, 0.25) is 0 Å². The van der Waals surface area contributed by atoms with Gasteiger partial charge in [0, 0.05) is 30.3 Å². The van der Waals surface area contributed by atoms with Crippen LogP contribution in [0.5, 0.6) is 0 Å². The monoisotopic (exact) mass is 415 g/mol. The van der Waals surface area contributed by atoms with Gasteiger partial charge in [0.1, 0.15) is 0 Å². The van der Waals surface area contributed by atoms with Gasteiger partial charge in [-0.05, 0) is 80.3 Å². The third-order valence-corrected chi connectivity index (χ3v) is 6.83.